The number of carbonyl (C=O) groups is 1. The van der Waals surface area contributed by atoms with Crippen molar-refractivity contribution in [2.24, 2.45) is 0 Å². The average molecular weight is 406 g/mol. The molecule has 1 rings (SSSR count). The van der Waals surface area contributed by atoms with Gasteiger partial charge in [0.2, 0.25) is 0 Å². The molecule has 0 aliphatic rings. The molecule has 2 nitrogen and oxygen atoms in total. The maximum absolute atomic E-state index is 11.9. The summed E-state index contributed by atoms with van der Waals surface area (Å²) >= 11 is 7.92. The molecule has 1 amide bonds. The summed E-state index contributed by atoms with van der Waals surface area (Å²) in [4.78, 5) is 11.7. The van der Waals surface area contributed by atoms with E-state index in [0.29, 0.717) is 17.0 Å². The zero-order valence-corrected chi connectivity index (χ0v) is 12.8. The molecule has 0 radical (unpaired) electrons. The van der Waals surface area contributed by atoms with Gasteiger partial charge in [0.05, 0.1) is 5.02 Å². The predicted molar refractivity (Wildman–Crippen MR) is 76.4 cm³/mol. The van der Waals surface area contributed by atoms with Crippen molar-refractivity contribution in [1.29, 1.82) is 0 Å². The molecule has 106 valence electrons. The molecule has 0 saturated carbocycles. The van der Waals surface area contributed by atoms with Crippen LogP contribution in [0.3, 0.4) is 0 Å². The minimum Gasteiger partial charge on any atom is -0.352 e. The Bertz CT molecular complexity index is 451. The highest BCUT2D eigenvalue weighted by Crippen LogP contribution is 2.22. The van der Waals surface area contributed by atoms with Crippen LogP contribution in [-0.2, 0) is 0 Å². The smallest absolute Gasteiger partial charge is 0.352 e. The summed E-state index contributed by atoms with van der Waals surface area (Å²) in [7, 11) is 0. The zero-order valence-electron chi connectivity index (χ0n) is 9.86. The Labute approximate surface area is 127 Å². The van der Waals surface area contributed by atoms with Crippen molar-refractivity contribution in [2.75, 3.05) is 6.54 Å². The van der Waals surface area contributed by atoms with Crippen LogP contribution in [-0.4, -0.2) is 18.6 Å². The van der Waals surface area contributed by atoms with Crippen molar-refractivity contribution >= 4 is 40.1 Å². The molecule has 0 aliphatic carbocycles. The maximum Gasteiger partial charge on any atom is 0.389 e. The Morgan fingerprint density at radius 3 is 2.58 bits per heavy atom. The molecule has 1 N–H and O–H groups in total. The summed E-state index contributed by atoms with van der Waals surface area (Å²) < 4.78 is 36.5. The van der Waals surface area contributed by atoms with E-state index in [0.717, 1.165) is 3.57 Å². The Kier molecular flexibility index (Phi) is 6.38. The fraction of sp³-hybridized carbons (Fsp3) is 0.417. The lowest BCUT2D eigenvalue weighted by Crippen LogP contribution is -2.24. The second kappa shape index (κ2) is 7.33. The van der Waals surface area contributed by atoms with Gasteiger partial charge in [0.15, 0.2) is 0 Å². The van der Waals surface area contributed by atoms with E-state index in [1.54, 1.807) is 12.1 Å². The first-order chi connectivity index (χ1) is 8.79. The Balaban J connectivity index is 2.33. The van der Waals surface area contributed by atoms with Crippen molar-refractivity contribution < 1.29 is 18.0 Å². The largest absolute Gasteiger partial charge is 0.389 e. The lowest BCUT2D eigenvalue weighted by molar-refractivity contribution is -0.135. The molecule has 0 unspecified atom stereocenters. The van der Waals surface area contributed by atoms with E-state index in [-0.39, 0.29) is 18.9 Å². The molecule has 0 bridgehead atoms. The number of benzene rings is 1. The molecule has 0 heterocycles. The van der Waals surface area contributed by atoms with Gasteiger partial charge in [0.1, 0.15) is 0 Å². The number of carbonyl (C=O) groups excluding carboxylic acids is 1. The fourth-order valence-corrected chi connectivity index (χ4v) is 1.91. The van der Waals surface area contributed by atoms with Crippen molar-refractivity contribution in [1.82, 2.24) is 5.32 Å². The van der Waals surface area contributed by atoms with Crippen LogP contribution in [0.2, 0.25) is 5.02 Å². The van der Waals surface area contributed by atoms with Crippen LogP contribution in [0.5, 0.6) is 0 Å². The summed E-state index contributed by atoms with van der Waals surface area (Å²) in [6.45, 7) is 0.221. The van der Waals surface area contributed by atoms with Crippen LogP contribution < -0.4 is 5.32 Å². The minimum atomic E-state index is -4.13. The molecule has 7 heteroatoms. The first kappa shape index (κ1) is 16.6. The van der Waals surface area contributed by atoms with Crippen LogP contribution >= 0.6 is 34.2 Å². The summed E-state index contributed by atoms with van der Waals surface area (Å²) in [5, 5.41) is 3.04. The van der Waals surface area contributed by atoms with E-state index in [1.807, 2.05) is 22.6 Å². The van der Waals surface area contributed by atoms with Crippen molar-refractivity contribution in [3.63, 3.8) is 0 Å². The molecule has 0 atom stereocenters. The van der Waals surface area contributed by atoms with Crippen LogP contribution in [0.4, 0.5) is 13.2 Å². The predicted octanol–water partition coefficient (Wildman–Crippen LogP) is 4.41. The van der Waals surface area contributed by atoms with Gasteiger partial charge >= 0.3 is 6.18 Å². The van der Waals surface area contributed by atoms with E-state index in [2.05, 4.69) is 5.32 Å². The van der Waals surface area contributed by atoms with Crippen LogP contribution in [0.1, 0.15) is 29.6 Å². The third kappa shape index (κ3) is 6.47. The van der Waals surface area contributed by atoms with E-state index in [4.69, 9.17) is 11.6 Å². The number of nitrogens with one attached hydrogen (secondary N) is 1. The molecule has 1 aromatic carbocycles. The monoisotopic (exact) mass is 405 g/mol. The van der Waals surface area contributed by atoms with Gasteiger partial charge in [0.25, 0.3) is 5.91 Å². The number of amides is 1. The normalized spacial score (nSPS) is 11.4. The number of rotatable bonds is 5. The SMILES string of the molecule is O=C(NCCCCC(F)(F)F)c1ccc(I)c(Cl)c1. The molecule has 19 heavy (non-hydrogen) atoms. The lowest BCUT2D eigenvalue weighted by Gasteiger charge is -2.07. The highest BCUT2D eigenvalue weighted by Gasteiger charge is 2.25. The summed E-state index contributed by atoms with van der Waals surface area (Å²) in [5.74, 6) is -0.328. The highest BCUT2D eigenvalue weighted by atomic mass is 127. The summed E-state index contributed by atoms with van der Waals surface area (Å²) in [6.07, 6.45) is -4.65. The van der Waals surface area contributed by atoms with Crippen molar-refractivity contribution in [3.05, 3.63) is 32.4 Å². The van der Waals surface area contributed by atoms with Gasteiger partial charge < -0.3 is 5.32 Å². The van der Waals surface area contributed by atoms with Crippen LogP contribution in [0.25, 0.3) is 0 Å². The van der Waals surface area contributed by atoms with E-state index in [9.17, 15) is 18.0 Å². The third-order valence-corrected chi connectivity index (χ3v) is 3.93. The van der Waals surface area contributed by atoms with E-state index >= 15 is 0 Å². The molecule has 0 aliphatic heterocycles. The van der Waals surface area contributed by atoms with Gasteiger partial charge in [-0.3, -0.25) is 4.79 Å². The first-order valence-corrected chi connectivity index (χ1v) is 7.05. The fourth-order valence-electron chi connectivity index (χ4n) is 1.39. The second-order valence-electron chi connectivity index (χ2n) is 3.96. The molecule has 0 fully saturated rings. The minimum absolute atomic E-state index is 0.0111. The molecular formula is C12H12ClF3INO. The maximum atomic E-state index is 11.9. The van der Waals surface area contributed by atoms with Gasteiger partial charge in [-0.05, 0) is 53.6 Å². The molecule has 0 aromatic heterocycles. The number of alkyl halides is 3. The second-order valence-corrected chi connectivity index (χ2v) is 5.53. The van der Waals surface area contributed by atoms with Gasteiger partial charge in [-0.1, -0.05) is 11.6 Å². The quantitative estimate of drug-likeness (QED) is 0.571. The van der Waals surface area contributed by atoms with Gasteiger partial charge in [-0.15, -0.1) is 0 Å². The summed E-state index contributed by atoms with van der Waals surface area (Å²) in [6, 6.07) is 4.87. The topological polar surface area (TPSA) is 29.1 Å². The molecule has 0 spiro atoms. The van der Waals surface area contributed by atoms with Crippen LogP contribution in [0, 0.1) is 3.57 Å². The highest BCUT2D eigenvalue weighted by molar-refractivity contribution is 14.1. The van der Waals surface area contributed by atoms with Gasteiger partial charge in [0, 0.05) is 22.1 Å². The van der Waals surface area contributed by atoms with E-state index in [1.165, 1.54) is 6.07 Å². The van der Waals surface area contributed by atoms with E-state index < -0.39 is 12.6 Å². The van der Waals surface area contributed by atoms with Crippen molar-refractivity contribution in [2.45, 2.75) is 25.4 Å². The molecular weight excluding hydrogens is 393 g/mol. The molecule has 1 aromatic rings. The third-order valence-electron chi connectivity index (χ3n) is 2.35. The number of unbranched alkanes of at least 4 members (excludes halogenated alkanes) is 1. The van der Waals surface area contributed by atoms with Crippen molar-refractivity contribution in [3.8, 4) is 0 Å². The zero-order chi connectivity index (χ0) is 14.5. The Morgan fingerprint density at radius 1 is 1.32 bits per heavy atom. The van der Waals surface area contributed by atoms with Crippen LogP contribution in [0.15, 0.2) is 18.2 Å². The standard InChI is InChI=1S/C12H12ClF3INO/c13-9-7-8(3-4-10(9)17)11(19)18-6-2-1-5-12(14,15)16/h3-4,7H,1-2,5-6H2,(H,18,19). The van der Waals surface area contributed by atoms with Gasteiger partial charge in [-0.2, -0.15) is 13.2 Å². The molecule has 0 saturated heterocycles. The Morgan fingerprint density at radius 2 is 2.00 bits per heavy atom. The summed E-state index contributed by atoms with van der Waals surface area (Å²) in [5.41, 5.74) is 0.404. The lowest BCUT2D eigenvalue weighted by atomic mass is 10.2. The number of halogens is 5. The Hall–Kier alpha value is -0.500. The van der Waals surface area contributed by atoms with Gasteiger partial charge in [-0.25, -0.2) is 0 Å². The number of hydrogen-bond donors (Lipinski definition) is 1. The number of hydrogen-bond acceptors (Lipinski definition) is 1. The first-order valence-electron chi connectivity index (χ1n) is 5.59. The average Bonchev–Trinajstić information content (AvgIpc) is 2.30.